The van der Waals surface area contributed by atoms with Crippen LogP contribution in [0.3, 0.4) is 0 Å². The highest BCUT2D eigenvalue weighted by Gasteiger charge is 2.23. The number of halogens is 1. The van der Waals surface area contributed by atoms with Gasteiger partial charge in [0.2, 0.25) is 0 Å². The highest BCUT2D eigenvalue weighted by atomic mass is 32.2. The number of hydrogen-bond acceptors (Lipinski definition) is 2. The first-order chi connectivity index (χ1) is 7.30. The minimum absolute atomic E-state index is 0.0187. The number of carbonyl (C=O) groups is 1. The fourth-order valence-electron chi connectivity index (χ4n) is 1.01. The normalized spacial score (nSPS) is 13.5. The fraction of sp³-hybridized carbons (Fsp3) is 0.417. The van der Waals surface area contributed by atoms with Crippen molar-refractivity contribution in [2.24, 2.45) is 5.41 Å². The standard InChI is InChI=1S/C12H15FO2S/c1-12(2,3)11(14)8-16(15)10-6-4-9(13)5-7-10/h4-7H,8H2,1-3H3. The van der Waals surface area contributed by atoms with Crippen molar-refractivity contribution in [3.8, 4) is 0 Å². The van der Waals surface area contributed by atoms with Crippen LogP contribution in [-0.4, -0.2) is 15.7 Å². The van der Waals surface area contributed by atoms with E-state index in [1.807, 2.05) is 0 Å². The Kier molecular flexibility index (Phi) is 3.97. The molecule has 0 amide bonds. The van der Waals surface area contributed by atoms with E-state index in [1.165, 1.54) is 24.3 Å². The van der Waals surface area contributed by atoms with Crippen molar-refractivity contribution in [1.82, 2.24) is 0 Å². The number of rotatable bonds is 3. The SMILES string of the molecule is CC(C)(C)C(=O)CS(=O)c1ccc(F)cc1. The average molecular weight is 242 g/mol. The molecule has 0 radical (unpaired) electrons. The van der Waals surface area contributed by atoms with Crippen LogP contribution in [0.2, 0.25) is 0 Å². The average Bonchev–Trinajstić information content (AvgIpc) is 2.17. The number of hydrogen-bond donors (Lipinski definition) is 0. The molecule has 0 N–H and O–H groups in total. The van der Waals surface area contributed by atoms with Gasteiger partial charge in [0.1, 0.15) is 5.82 Å². The zero-order valence-corrected chi connectivity index (χ0v) is 10.4. The highest BCUT2D eigenvalue weighted by Crippen LogP contribution is 2.17. The van der Waals surface area contributed by atoms with Gasteiger partial charge < -0.3 is 0 Å². The van der Waals surface area contributed by atoms with Gasteiger partial charge in [-0.05, 0) is 24.3 Å². The molecule has 0 bridgehead atoms. The summed E-state index contributed by atoms with van der Waals surface area (Å²) in [6, 6.07) is 5.38. The predicted octanol–water partition coefficient (Wildman–Crippen LogP) is 2.55. The molecular weight excluding hydrogens is 227 g/mol. The molecule has 1 rings (SSSR count). The first-order valence-corrected chi connectivity index (χ1v) is 6.30. The summed E-state index contributed by atoms with van der Waals surface area (Å²) in [5.41, 5.74) is -0.490. The second-order valence-electron chi connectivity index (χ2n) is 4.62. The third-order valence-electron chi connectivity index (χ3n) is 2.18. The van der Waals surface area contributed by atoms with Gasteiger partial charge in [0, 0.05) is 10.3 Å². The maximum absolute atomic E-state index is 12.6. The molecule has 4 heteroatoms. The minimum Gasteiger partial charge on any atom is -0.298 e. The van der Waals surface area contributed by atoms with Crippen LogP contribution >= 0.6 is 0 Å². The second-order valence-corrected chi connectivity index (χ2v) is 6.07. The van der Waals surface area contributed by atoms with Crippen molar-refractivity contribution in [2.45, 2.75) is 25.7 Å². The van der Waals surface area contributed by atoms with E-state index in [9.17, 15) is 13.4 Å². The third kappa shape index (κ3) is 3.52. The summed E-state index contributed by atoms with van der Waals surface area (Å²) in [7, 11) is -1.38. The highest BCUT2D eigenvalue weighted by molar-refractivity contribution is 7.85. The van der Waals surface area contributed by atoms with Crippen LogP contribution in [0, 0.1) is 11.2 Å². The van der Waals surface area contributed by atoms with Crippen molar-refractivity contribution in [3.05, 3.63) is 30.1 Å². The van der Waals surface area contributed by atoms with E-state index in [2.05, 4.69) is 0 Å². The van der Waals surface area contributed by atoms with Gasteiger partial charge in [-0.1, -0.05) is 20.8 Å². The van der Waals surface area contributed by atoms with Crippen molar-refractivity contribution >= 4 is 16.6 Å². The van der Waals surface area contributed by atoms with Gasteiger partial charge in [-0.3, -0.25) is 9.00 Å². The topological polar surface area (TPSA) is 34.1 Å². The van der Waals surface area contributed by atoms with Crippen LogP contribution < -0.4 is 0 Å². The summed E-state index contributed by atoms with van der Waals surface area (Å²) in [5.74, 6) is -0.451. The molecule has 0 fully saturated rings. The molecule has 0 aromatic heterocycles. The predicted molar refractivity (Wildman–Crippen MR) is 62.1 cm³/mol. The maximum Gasteiger partial charge on any atom is 0.151 e. The largest absolute Gasteiger partial charge is 0.298 e. The Morgan fingerprint density at radius 2 is 1.75 bits per heavy atom. The fourth-order valence-corrected chi connectivity index (χ4v) is 2.28. The van der Waals surface area contributed by atoms with E-state index in [1.54, 1.807) is 20.8 Å². The number of Topliss-reactive ketones (excluding diaryl/α,β-unsaturated/α-hetero) is 1. The van der Waals surface area contributed by atoms with Gasteiger partial charge in [-0.25, -0.2) is 4.39 Å². The molecule has 0 saturated carbocycles. The lowest BCUT2D eigenvalue weighted by Crippen LogP contribution is -2.25. The lowest BCUT2D eigenvalue weighted by Gasteiger charge is -2.15. The van der Waals surface area contributed by atoms with Crippen LogP contribution in [0.15, 0.2) is 29.2 Å². The van der Waals surface area contributed by atoms with Gasteiger partial charge in [0.15, 0.2) is 5.78 Å². The molecule has 0 spiro atoms. The molecule has 1 unspecified atom stereocenters. The number of benzene rings is 1. The zero-order valence-electron chi connectivity index (χ0n) is 9.62. The first-order valence-electron chi connectivity index (χ1n) is 4.98. The van der Waals surface area contributed by atoms with E-state index < -0.39 is 16.2 Å². The Labute approximate surface area is 97.3 Å². The monoisotopic (exact) mass is 242 g/mol. The van der Waals surface area contributed by atoms with E-state index in [4.69, 9.17) is 0 Å². The summed E-state index contributed by atoms with van der Waals surface area (Å²) in [6.07, 6.45) is 0. The smallest absolute Gasteiger partial charge is 0.151 e. The Bertz CT molecular complexity index is 404. The van der Waals surface area contributed by atoms with Crippen molar-refractivity contribution < 1.29 is 13.4 Å². The molecule has 1 aromatic rings. The molecule has 0 aliphatic rings. The van der Waals surface area contributed by atoms with E-state index in [0.29, 0.717) is 4.90 Å². The van der Waals surface area contributed by atoms with Gasteiger partial charge in [-0.15, -0.1) is 0 Å². The van der Waals surface area contributed by atoms with Crippen LogP contribution in [0.4, 0.5) is 4.39 Å². The maximum atomic E-state index is 12.6. The number of ketones is 1. The Hall–Kier alpha value is -1.03. The lowest BCUT2D eigenvalue weighted by atomic mass is 9.92. The second kappa shape index (κ2) is 4.87. The van der Waals surface area contributed by atoms with E-state index >= 15 is 0 Å². The molecule has 88 valence electrons. The van der Waals surface area contributed by atoms with Gasteiger partial charge in [0.05, 0.1) is 16.6 Å². The van der Waals surface area contributed by atoms with E-state index in [0.717, 1.165) is 0 Å². The lowest BCUT2D eigenvalue weighted by molar-refractivity contribution is -0.123. The van der Waals surface area contributed by atoms with Crippen LogP contribution in [-0.2, 0) is 15.6 Å². The summed E-state index contributed by atoms with van der Waals surface area (Å²) in [6.45, 7) is 5.37. The third-order valence-corrected chi connectivity index (χ3v) is 3.50. The summed E-state index contributed by atoms with van der Waals surface area (Å²) in [5, 5.41) is 0. The summed E-state index contributed by atoms with van der Waals surface area (Å²) < 4.78 is 24.4. The Morgan fingerprint density at radius 1 is 1.25 bits per heavy atom. The molecule has 0 aliphatic carbocycles. The molecule has 16 heavy (non-hydrogen) atoms. The molecule has 0 saturated heterocycles. The van der Waals surface area contributed by atoms with E-state index in [-0.39, 0.29) is 17.4 Å². The molecule has 0 heterocycles. The molecule has 1 aromatic carbocycles. The molecule has 1 atom stereocenters. The van der Waals surface area contributed by atoms with Gasteiger partial charge >= 0.3 is 0 Å². The van der Waals surface area contributed by atoms with Gasteiger partial charge in [-0.2, -0.15) is 0 Å². The quantitative estimate of drug-likeness (QED) is 0.816. The zero-order chi connectivity index (χ0) is 12.3. The Morgan fingerprint density at radius 3 is 2.19 bits per heavy atom. The summed E-state index contributed by atoms with van der Waals surface area (Å²) in [4.78, 5) is 12.1. The minimum atomic E-state index is -1.38. The molecule has 2 nitrogen and oxygen atoms in total. The molecular formula is C12H15FO2S. The van der Waals surface area contributed by atoms with Crippen LogP contribution in [0.1, 0.15) is 20.8 Å². The van der Waals surface area contributed by atoms with Gasteiger partial charge in [0.25, 0.3) is 0 Å². The van der Waals surface area contributed by atoms with Crippen molar-refractivity contribution in [1.29, 1.82) is 0 Å². The van der Waals surface area contributed by atoms with Crippen LogP contribution in [0.25, 0.3) is 0 Å². The van der Waals surface area contributed by atoms with Crippen molar-refractivity contribution in [3.63, 3.8) is 0 Å². The number of carbonyl (C=O) groups excluding carboxylic acids is 1. The van der Waals surface area contributed by atoms with Crippen molar-refractivity contribution in [2.75, 3.05) is 5.75 Å². The first kappa shape index (κ1) is 13.0. The summed E-state index contributed by atoms with van der Waals surface area (Å²) >= 11 is 0. The Balaban J connectivity index is 2.74. The molecule has 0 aliphatic heterocycles. The van der Waals surface area contributed by atoms with Crippen LogP contribution in [0.5, 0.6) is 0 Å².